The molecule has 2 aliphatic carbocycles. The van der Waals surface area contributed by atoms with Gasteiger partial charge in [-0.2, -0.15) is 0 Å². The number of H-pyrrole nitrogens is 1. The Hall–Kier alpha value is -1.59. The van der Waals surface area contributed by atoms with E-state index >= 15 is 0 Å². The number of nitrogens with one attached hydrogen (secondary N) is 2. The zero-order chi connectivity index (χ0) is 16.0. The fourth-order valence-corrected chi connectivity index (χ4v) is 3.38. The molecule has 2 aromatic heterocycles. The van der Waals surface area contributed by atoms with E-state index in [2.05, 4.69) is 20.3 Å². The van der Waals surface area contributed by atoms with E-state index in [1.165, 1.54) is 0 Å². The largest absolute Gasteiger partial charge is 0.366 e. The van der Waals surface area contributed by atoms with E-state index in [0.717, 1.165) is 37.2 Å². The van der Waals surface area contributed by atoms with Crippen LogP contribution in [0.15, 0.2) is 23.1 Å². The van der Waals surface area contributed by atoms with Crippen molar-refractivity contribution < 1.29 is 0 Å². The van der Waals surface area contributed by atoms with Crippen LogP contribution in [0.3, 0.4) is 0 Å². The van der Waals surface area contributed by atoms with Crippen LogP contribution in [-0.2, 0) is 0 Å². The van der Waals surface area contributed by atoms with Gasteiger partial charge in [-0.15, -0.1) is 0 Å². The Bertz CT molecular complexity index is 797. The van der Waals surface area contributed by atoms with E-state index in [1.807, 2.05) is 0 Å². The molecule has 0 saturated heterocycles. The van der Waals surface area contributed by atoms with Crippen LogP contribution in [0.5, 0.6) is 0 Å². The molecular formula is C16H16Cl2N4O. The molecule has 2 saturated carbocycles. The monoisotopic (exact) mass is 350 g/mol. The average molecular weight is 351 g/mol. The topological polar surface area (TPSA) is 70.7 Å². The summed E-state index contributed by atoms with van der Waals surface area (Å²) in [6.07, 6.45) is 5.67. The first-order valence-electron chi connectivity index (χ1n) is 7.77. The van der Waals surface area contributed by atoms with Crippen molar-refractivity contribution in [2.24, 2.45) is 0 Å². The Morgan fingerprint density at radius 1 is 1.17 bits per heavy atom. The maximum atomic E-state index is 11.8. The number of aromatic amines is 1. The van der Waals surface area contributed by atoms with Crippen LogP contribution in [0.25, 0.3) is 0 Å². The van der Waals surface area contributed by atoms with Gasteiger partial charge in [-0.1, -0.05) is 23.2 Å². The summed E-state index contributed by atoms with van der Waals surface area (Å²) in [7, 11) is 0. The second kappa shape index (κ2) is 5.80. The van der Waals surface area contributed by atoms with Crippen molar-refractivity contribution in [3.8, 4) is 0 Å². The lowest BCUT2D eigenvalue weighted by Gasteiger charge is -2.36. The van der Waals surface area contributed by atoms with Gasteiger partial charge in [0, 0.05) is 30.1 Å². The van der Waals surface area contributed by atoms with E-state index in [1.54, 1.807) is 18.3 Å². The molecule has 0 unspecified atom stereocenters. The van der Waals surface area contributed by atoms with Crippen molar-refractivity contribution in [3.05, 3.63) is 50.2 Å². The molecular weight excluding hydrogens is 335 g/mol. The fourth-order valence-electron chi connectivity index (χ4n) is 2.95. The molecule has 5 nitrogen and oxygen atoms in total. The number of halogens is 2. The van der Waals surface area contributed by atoms with Crippen LogP contribution in [0.4, 0.5) is 5.82 Å². The van der Waals surface area contributed by atoms with Crippen molar-refractivity contribution in [2.75, 3.05) is 5.32 Å². The summed E-state index contributed by atoms with van der Waals surface area (Å²) in [6, 6.07) is 3.59. The maximum Gasteiger partial charge on any atom is 0.251 e. The zero-order valence-corrected chi connectivity index (χ0v) is 13.9. The third-order valence-corrected chi connectivity index (χ3v) is 4.94. The number of nitrogens with zero attached hydrogens (tertiary/aromatic N) is 2. The van der Waals surface area contributed by atoms with Gasteiger partial charge in [0.1, 0.15) is 11.6 Å². The van der Waals surface area contributed by atoms with Crippen molar-refractivity contribution >= 4 is 29.0 Å². The highest BCUT2D eigenvalue weighted by molar-refractivity contribution is 6.35. The lowest BCUT2D eigenvalue weighted by Crippen LogP contribution is -2.35. The zero-order valence-electron chi connectivity index (χ0n) is 12.4. The second-order valence-electron chi connectivity index (χ2n) is 6.32. The van der Waals surface area contributed by atoms with E-state index in [-0.39, 0.29) is 11.6 Å². The Kier molecular flexibility index (Phi) is 3.77. The first kappa shape index (κ1) is 15.0. The van der Waals surface area contributed by atoms with Gasteiger partial charge in [-0.25, -0.2) is 9.97 Å². The molecule has 0 atom stereocenters. The van der Waals surface area contributed by atoms with Gasteiger partial charge in [0.15, 0.2) is 0 Å². The molecule has 2 heterocycles. The van der Waals surface area contributed by atoms with Gasteiger partial charge in [0.05, 0.1) is 15.7 Å². The predicted octanol–water partition coefficient (Wildman–Crippen LogP) is 3.71. The smallest absolute Gasteiger partial charge is 0.251 e. The number of hydrogen-bond donors (Lipinski definition) is 2. The molecule has 120 valence electrons. The Balaban J connectivity index is 1.42. The predicted molar refractivity (Wildman–Crippen MR) is 90.5 cm³/mol. The van der Waals surface area contributed by atoms with E-state index in [4.69, 9.17) is 23.2 Å². The highest BCUT2D eigenvalue weighted by Gasteiger charge is 2.34. The number of pyridine rings is 1. The van der Waals surface area contributed by atoms with Gasteiger partial charge < -0.3 is 10.3 Å². The van der Waals surface area contributed by atoms with Crippen LogP contribution in [0, 0.1) is 0 Å². The molecule has 0 amide bonds. The van der Waals surface area contributed by atoms with Gasteiger partial charge in [0.2, 0.25) is 0 Å². The lowest BCUT2D eigenvalue weighted by molar-refractivity contribution is 0.365. The molecule has 2 aromatic rings. The quantitative estimate of drug-likeness (QED) is 0.881. The van der Waals surface area contributed by atoms with E-state index < -0.39 is 0 Å². The molecule has 2 aliphatic rings. The fraction of sp³-hybridized carbons (Fsp3) is 0.438. The minimum atomic E-state index is -0.0456. The van der Waals surface area contributed by atoms with E-state index in [0.29, 0.717) is 27.7 Å². The first-order chi connectivity index (χ1) is 11.1. The Morgan fingerprint density at radius 2 is 1.96 bits per heavy atom. The molecule has 0 bridgehead atoms. The summed E-state index contributed by atoms with van der Waals surface area (Å²) in [5.74, 6) is 2.27. The average Bonchev–Trinajstić information content (AvgIpc) is 3.28. The van der Waals surface area contributed by atoms with Gasteiger partial charge >= 0.3 is 0 Å². The molecule has 4 rings (SSSR count). The number of anilines is 1. The number of hydrogen-bond acceptors (Lipinski definition) is 4. The third kappa shape index (κ3) is 3.21. The van der Waals surface area contributed by atoms with Crippen molar-refractivity contribution in [2.45, 2.75) is 43.6 Å². The van der Waals surface area contributed by atoms with Crippen LogP contribution < -0.4 is 10.9 Å². The van der Waals surface area contributed by atoms with E-state index in [9.17, 15) is 4.79 Å². The molecule has 0 aliphatic heterocycles. The van der Waals surface area contributed by atoms with Crippen molar-refractivity contribution in [1.29, 1.82) is 0 Å². The summed E-state index contributed by atoms with van der Waals surface area (Å²) in [5, 5.41) is 4.36. The Morgan fingerprint density at radius 3 is 2.65 bits per heavy atom. The van der Waals surface area contributed by atoms with Gasteiger partial charge in [0.25, 0.3) is 5.56 Å². The molecule has 7 heteroatoms. The highest BCUT2D eigenvalue weighted by Crippen LogP contribution is 2.41. The number of aromatic nitrogens is 3. The summed E-state index contributed by atoms with van der Waals surface area (Å²) < 4.78 is 0. The summed E-state index contributed by atoms with van der Waals surface area (Å²) in [5.41, 5.74) is 0.861. The third-order valence-electron chi connectivity index (χ3n) is 4.45. The minimum absolute atomic E-state index is 0.0456. The van der Waals surface area contributed by atoms with Crippen molar-refractivity contribution in [3.63, 3.8) is 0 Å². The summed E-state index contributed by atoms with van der Waals surface area (Å²) >= 11 is 12.0. The standard InChI is InChI=1S/C16H16Cl2N4O/c17-10-5-12(18)16(19-7-10)20-11-3-9(4-11)13-6-14(23)22-15(21-13)8-1-2-8/h5-9,11H,1-4H2,(H,19,20)(H,21,22,23). The second-order valence-corrected chi connectivity index (χ2v) is 7.17. The van der Waals surface area contributed by atoms with Gasteiger partial charge in [-0.05, 0) is 31.7 Å². The molecule has 0 spiro atoms. The Labute approximate surface area is 143 Å². The minimum Gasteiger partial charge on any atom is -0.366 e. The van der Waals surface area contributed by atoms with Crippen LogP contribution in [-0.4, -0.2) is 21.0 Å². The molecule has 2 N–H and O–H groups in total. The summed E-state index contributed by atoms with van der Waals surface area (Å²) in [6.45, 7) is 0. The molecule has 0 radical (unpaired) electrons. The lowest BCUT2D eigenvalue weighted by atomic mass is 9.78. The normalized spacial score (nSPS) is 23.4. The SMILES string of the molecule is O=c1cc(C2CC(Nc3ncc(Cl)cc3Cl)C2)nc(C2CC2)[nH]1. The number of rotatable bonds is 4. The van der Waals surface area contributed by atoms with Crippen LogP contribution in [0.2, 0.25) is 10.0 Å². The maximum absolute atomic E-state index is 11.8. The van der Waals surface area contributed by atoms with Gasteiger partial charge in [-0.3, -0.25) is 4.79 Å². The highest BCUT2D eigenvalue weighted by atomic mass is 35.5. The van der Waals surface area contributed by atoms with Crippen LogP contribution in [0.1, 0.15) is 49.0 Å². The van der Waals surface area contributed by atoms with Crippen molar-refractivity contribution in [1.82, 2.24) is 15.0 Å². The molecule has 0 aromatic carbocycles. The van der Waals surface area contributed by atoms with Crippen LogP contribution >= 0.6 is 23.2 Å². The molecule has 23 heavy (non-hydrogen) atoms. The first-order valence-corrected chi connectivity index (χ1v) is 8.53. The summed E-state index contributed by atoms with van der Waals surface area (Å²) in [4.78, 5) is 23.5. The molecule has 2 fully saturated rings.